The number of benzene rings is 1. The van der Waals surface area contributed by atoms with Crippen LogP contribution in [0.2, 0.25) is 0 Å². The summed E-state index contributed by atoms with van der Waals surface area (Å²) in [6, 6.07) is 9.82. The molecule has 25 heavy (non-hydrogen) atoms. The van der Waals surface area contributed by atoms with Gasteiger partial charge in [-0.2, -0.15) is 0 Å². The number of nitrogens with one attached hydrogen (secondary N) is 2. The maximum Gasteiger partial charge on any atom is 0.191 e. The van der Waals surface area contributed by atoms with Gasteiger partial charge in [0.2, 0.25) is 0 Å². The normalized spacial score (nSPS) is 17.0. The Morgan fingerprint density at radius 3 is 2.80 bits per heavy atom. The molecule has 142 valence electrons. The zero-order valence-corrected chi connectivity index (χ0v) is 17.2. The molecule has 1 saturated heterocycles. The first-order chi connectivity index (χ1) is 11.9. The smallest absolute Gasteiger partial charge is 0.191 e. The summed E-state index contributed by atoms with van der Waals surface area (Å²) in [6.45, 7) is 7.21. The van der Waals surface area contributed by atoms with E-state index in [1.165, 1.54) is 0 Å². The number of guanidine groups is 1. The summed E-state index contributed by atoms with van der Waals surface area (Å²) in [6.07, 6.45) is 2.19. The number of rotatable bonds is 10. The second kappa shape index (κ2) is 14.1. The number of nitrogens with zero attached hydrogens (tertiary/aromatic N) is 1. The van der Waals surface area contributed by atoms with Crippen molar-refractivity contribution in [3.63, 3.8) is 0 Å². The number of ether oxygens (including phenoxy) is 3. The number of aliphatic imine (C=N–C) groups is 1. The predicted octanol–water partition coefficient (Wildman–Crippen LogP) is 2.43. The predicted molar refractivity (Wildman–Crippen MR) is 111 cm³/mol. The van der Waals surface area contributed by atoms with Crippen LogP contribution >= 0.6 is 24.0 Å². The summed E-state index contributed by atoms with van der Waals surface area (Å²) < 4.78 is 16.7. The van der Waals surface area contributed by atoms with Crippen LogP contribution in [0.25, 0.3) is 0 Å². The van der Waals surface area contributed by atoms with Gasteiger partial charge in [-0.1, -0.05) is 18.2 Å². The van der Waals surface area contributed by atoms with E-state index in [0.717, 1.165) is 57.5 Å². The van der Waals surface area contributed by atoms with Gasteiger partial charge in [-0.25, -0.2) is 0 Å². The van der Waals surface area contributed by atoms with Crippen molar-refractivity contribution in [2.75, 3.05) is 46.1 Å². The molecule has 2 N–H and O–H groups in total. The first-order valence-corrected chi connectivity index (χ1v) is 8.78. The maximum absolute atomic E-state index is 5.74. The van der Waals surface area contributed by atoms with Crippen molar-refractivity contribution < 1.29 is 14.2 Å². The lowest BCUT2D eigenvalue weighted by Gasteiger charge is -2.12. The van der Waals surface area contributed by atoms with Crippen molar-refractivity contribution in [3.8, 4) is 5.75 Å². The van der Waals surface area contributed by atoms with Gasteiger partial charge in [-0.15, -0.1) is 24.0 Å². The third kappa shape index (κ3) is 9.86. The van der Waals surface area contributed by atoms with Gasteiger partial charge in [0.1, 0.15) is 12.4 Å². The Morgan fingerprint density at radius 2 is 2.08 bits per heavy atom. The molecule has 6 nitrogen and oxygen atoms in total. The molecular weight excluding hydrogens is 433 g/mol. The van der Waals surface area contributed by atoms with E-state index in [-0.39, 0.29) is 30.1 Å². The number of halogens is 1. The van der Waals surface area contributed by atoms with Crippen molar-refractivity contribution in [2.24, 2.45) is 4.99 Å². The SMILES string of the molecule is CCNC(=NCCCOC1CCOC1)NCCOc1ccccc1.I. The Balaban J connectivity index is 0.00000312. The van der Waals surface area contributed by atoms with Crippen LogP contribution in [0.5, 0.6) is 5.75 Å². The lowest BCUT2D eigenvalue weighted by molar-refractivity contribution is 0.0424. The van der Waals surface area contributed by atoms with E-state index >= 15 is 0 Å². The van der Waals surface area contributed by atoms with E-state index in [2.05, 4.69) is 22.5 Å². The third-order valence-electron chi connectivity index (χ3n) is 3.56. The van der Waals surface area contributed by atoms with Crippen LogP contribution in [-0.4, -0.2) is 58.1 Å². The average molecular weight is 463 g/mol. The van der Waals surface area contributed by atoms with Gasteiger partial charge in [0.05, 0.1) is 19.3 Å². The molecule has 0 bridgehead atoms. The number of para-hydroxylation sites is 1. The van der Waals surface area contributed by atoms with E-state index in [0.29, 0.717) is 13.2 Å². The molecule has 0 spiro atoms. The molecule has 1 aliphatic rings. The van der Waals surface area contributed by atoms with Gasteiger partial charge in [0.25, 0.3) is 0 Å². The summed E-state index contributed by atoms with van der Waals surface area (Å²) in [5, 5.41) is 6.51. The van der Waals surface area contributed by atoms with Gasteiger partial charge < -0.3 is 24.8 Å². The molecule has 1 atom stereocenters. The summed E-state index contributed by atoms with van der Waals surface area (Å²) in [5.41, 5.74) is 0. The highest BCUT2D eigenvalue weighted by molar-refractivity contribution is 14.0. The van der Waals surface area contributed by atoms with E-state index in [9.17, 15) is 0 Å². The Morgan fingerprint density at radius 1 is 1.24 bits per heavy atom. The maximum atomic E-state index is 5.74. The summed E-state index contributed by atoms with van der Waals surface area (Å²) in [4.78, 5) is 4.55. The van der Waals surface area contributed by atoms with Crippen LogP contribution in [0.15, 0.2) is 35.3 Å². The Hall–Kier alpha value is -1.06. The van der Waals surface area contributed by atoms with Crippen molar-refractivity contribution in [2.45, 2.75) is 25.9 Å². The van der Waals surface area contributed by atoms with E-state index in [1.807, 2.05) is 30.3 Å². The lowest BCUT2D eigenvalue weighted by atomic mass is 10.3. The fraction of sp³-hybridized carbons (Fsp3) is 0.611. The van der Waals surface area contributed by atoms with Crippen LogP contribution in [0.4, 0.5) is 0 Å². The Bertz CT molecular complexity index is 468. The van der Waals surface area contributed by atoms with Gasteiger partial charge in [0.15, 0.2) is 5.96 Å². The van der Waals surface area contributed by atoms with Crippen molar-refractivity contribution in [1.82, 2.24) is 10.6 Å². The van der Waals surface area contributed by atoms with E-state index in [1.54, 1.807) is 0 Å². The molecule has 1 heterocycles. The highest BCUT2D eigenvalue weighted by Crippen LogP contribution is 2.08. The standard InChI is InChI=1S/C18H29N3O3.HI/c1-2-19-18(20-10-6-12-23-17-9-13-22-15-17)21-11-14-24-16-7-4-3-5-8-16;/h3-5,7-8,17H,2,6,9-15H2,1H3,(H2,19,20,21);1H. The van der Waals surface area contributed by atoms with Crippen LogP contribution in [0, 0.1) is 0 Å². The van der Waals surface area contributed by atoms with E-state index in [4.69, 9.17) is 14.2 Å². The number of hydrogen-bond acceptors (Lipinski definition) is 4. The molecule has 1 aromatic rings. The quantitative estimate of drug-likeness (QED) is 0.242. The van der Waals surface area contributed by atoms with Crippen LogP contribution in [0.1, 0.15) is 19.8 Å². The minimum atomic E-state index is 0. The van der Waals surface area contributed by atoms with Gasteiger partial charge in [-0.05, 0) is 31.9 Å². The second-order valence-corrected chi connectivity index (χ2v) is 5.56. The van der Waals surface area contributed by atoms with Gasteiger partial charge >= 0.3 is 0 Å². The monoisotopic (exact) mass is 463 g/mol. The van der Waals surface area contributed by atoms with Crippen LogP contribution in [0.3, 0.4) is 0 Å². The molecule has 0 saturated carbocycles. The molecule has 1 aliphatic heterocycles. The van der Waals surface area contributed by atoms with Crippen molar-refractivity contribution in [3.05, 3.63) is 30.3 Å². The Kier molecular flexibility index (Phi) is 12.4. The summed E-state index contributed by atoms with van der Waals surface area (Å²) in [7, 11) is 0. The largest absolute Gasteiger partial charge is 0.492 e. The first kappa shape index (κ1) is 22.0. The van der Waals surface area contributed by atoms with Gasteiger partial charge in [-0.3, -0.25) is 4.99 Å². The molecule has 1 aromatic carbocycles. The molecule has 0 aromatic heterocycles. The van der Waals surface area contributed by atoms with Crippen LogP contribution < -0.4 is 15.4 Å². The molecule has 1 unspecified atom stereocenters. The third-order valence-corrected chi connectivity index (χ3v) is 3.56. The van der Waals surface area contributed by atoms with Crippen molar-refractivity contribution in [1.29, 1.82) is 0 Å². The fourth-order valence-corrected chi connectivity index (χ4v) is 2.35. The minimum Gasteiger partial charge on any atom is -0.492 e. The topological polar surface area (TPSA) is 64.1 Å². The summed E-state index contributed by atoms with van der Waals surface area (Å²) in [5.74, 6) is 1.70. The second-order valence-electron chi connectivity index (χ2n) is 5.56. The zero-order valence-electron chi connectivity index (χ0n) is 14.9. The highest BCUT2D eigenvalue weighted by atomic mass is 127. The molecule has 1 fully saturated rings. The Labute approximate surface area is 167 Å². The highest BCUT2D eigenvalue weighted by Gasteiger charge is 2.15. The molecular formula is C18H30IN3O3. The summed E-state index contributed by atoms with van der Waals surface area (Å²) >= 11 is 0. The molecule has 2 rings (SSSR count). The van der Waals surface area contributed by atoms with E-state index < -0.39 is 0 Å². The lowest BCUT2D eigenvalue weighted by Crippen LogP contribution is -2.39. The zero-order chi connectivity index (χ0) is 16.9. The van der Waals surface area contributed by atoms with Crippen molar-refractivity contribution >= 4 is 29.9 Å². The fourth-order valence-electron chi connectivity index (χ4n) is 2.35. The molecule has 0 radical (unpaired) electrons. The molecule has 0 amide bonds. The number of hydrogen-bond donors (Lipinski definition) is 2. The average Bonchev–Trinajstić information content (AvgIpc) is 3.12. The first-order valence-electron chi connectivity index (χ1n) is 8.78. The molecule has 0 aliphatic carbocycles. The minimum absolute atomic E-state index is 0. The van der Waals surface area contributed by atoms with Gasteiger partial charge in [0, 0.05) is 26.3 Å². The molecule has 7 heteroatoms. The van der Waals surface area contributed by atoms with Crippen LogP contribution in [-0.2, 0) is 9.47 Å².